The lowest BCUT2D eigenvalue weighted by molar-refractivity contribution is -0.117. The van der Waals surface area contributed by atoms with Crippen LogP contribution in [0.3, 0.4) is 0 Å². The molecule has 114 valence electrons. The largest absolute Gasteiger partial charge is 0.494 e. The van der Waals surface area contributed by atoms with E-state index in [1.165, 1.54) is 31.4 Å². The van der Waals surface area contributed by atoms with Gasteiger partial charge in [-0.25, -0.2) is 4.39 Å². The Balaban J connectivity index is 1.89. The van der Waals surface area contributed by atoms with Crippen molar-refractivity contribution >= 4 is 17.9 Å². The van der Waals surface area contributed by atoms with Gasteiger partial charge in [0.1, 0.15) is 5.69 Å². The van der Waals surface area contributed by atoms with Crippen molar-refractivity contribution in [3.05, 3.63) is 59.7 Å². The Bertz CT molecular complexity index is 696. The minimum absolute atomic E-state index is 0.125. The summed E-state index contributed by atoms with van der Waals surface area (Å²) < 4.78 is 18.3. The maximum Gasteiger partial charge on any atom is 0.286 e. The van der Waals surface area contributed by atoms with Gasteiger partial charge in [-0.2, -0.15) is 0 Å². The normalized spacial score (nSPS) is 10.5. The number of carbonyl (C=O) groups excluding carboxylic acids is 2. The molecule has 0 aliphatic heterocycles. The Morgan fingerprint density at radius 1 is 1.27 bits per heavy atom. The van der Waals surface area contributed by atoms with Gasteiger partial charge >= 0.3 is 0 Å². The second-order valence-electron chi connectivity index (χ2n) is 4.25. The number of aromatic amines is 1. The van der Waals surface area contributed by atoms with Gasteiger partial charge < -0.3 is 9.72 Å². The van der Waals surface area contributed by atoms with Crippen molar-refractivity contribution in [2.45, 2.75) is 0 Å². The zero-order chi connectivity index (χ0) is 15.9. The summed E-state index contributed by atoms with van der Waals surface area (Å²) in [4.78, 5) is 25.8. The molecule has 1 aromatic carbocycles. The summed E-state index contributed by atoms with van der Waals surface area (Å²) in [6, 6.07) is 7.52. The number of hydrogen-bond donors (Lipinski definition) is 3. The molecule has 0 saturated carbocycles. The van der Waals surface area contributed by atoms with E-state index in [2.05, 4.69) is 15.8 Å². The van der Waals surface area contributed by atoms with E-state index in [9.17, 15) is 14.0 Å². The van der Waals surface area contributed by atoms with Crippen LogP contribution < -0.4 is 15.6 Å². The average Bonchev–Trinajstić information content (AvgIpc) is 3.05. The van der Waals surface area contributed by atoms with Crippen LogP contribution in [0, 0.1) is 5.82 Å². The number of hydrogen-bond acceptors (Lipinski definition) is 3. The van der Waals surface area contributed by atoms with Gasteiger partial charge in [0.25, 0.3) is 11.8 Å². The number of H-pyrrole nitrogens is 1. The first-order valence-electron chi connectivity index (χ1n) is 6.35. The molecule has 0 atom stereocenters. The molecule has 0 fully saturated rings. The molecule has 22 heavy (non-hydrogen) atoms. The standard InChI is InChI=1S/C15H14FN3O3/c1-22-13-6-4-10(9-11(13)16)5-7-14(20)18-19-15(21)12-3-2-8-17-12/h2-9,17H,1H3,(H,18,20)(H,19,21)/b7-5+. The zero-order valence-electron chi connectivity index (χ0n) is 11.7. The lowest BCUT2D eigenvalue weighted by Gasteiger charge is -2.04. The zero-order valence-corrected chi connectivity index (χ0v) is 11.7. The van der Waals surface area contributed by atoms with Gasteiger partial charge in [-0.3, -0.25) is 20.4 Å². The van der Waals surface area contributed by atoms with Crippen LogP contribution in [0.15, 0.2) is 42.6 Å². The number of aromatic nitrogens is 1. The molecule has 2 rings (SSSR count). The number of nitrogens with one attached hydrogen (secondary N) is 3. The van der Waals surface area contributed by atoms with Crippen LogP contribution >= 0.6 is 0 Å². The molecule has 0 radical (unpaired) electrons. The van der Waals surface area contributed by atoms with Crippen LogP contribution in [-0.4, -0.2) is 23.9 Å². The maximum atomic E-state index is 13.5. The van der Waals surface area contributed by atoms with Gasteiger partial charge in [-0.05, 0) is 35.9 Å². The lowest BCUT2D eigenvalue weighted by Crippen LogP contribution is -2.40. The summed E-state index contributed by atoms with van der Waals surface area (Å²) in [7, 11) is 1.37. The fourth-order valence-electron chi connectivity index (χ4n) is 1.66. The number of halogens is 1. The second-order valence-corrected chi connectivity index (χ2v) is 4.25. The van der Waals surface area contributed by atoms with Crippen LogP contribution in [0.25, 0.3) is 6.08 Å². The van der Waals surface area contributed by atoms with Crippen LogP contribution in [0.2, 0.25) is 0 Å². The molecule has 2 amide bonds. The van der Waals surface area contributed by atoms with Gasteiger partial charge in [-0.15, -0.1) is 0 Å². The first-order chi connectivity index (χ1) is 10.6. The summed E-state index contributed by atoms with van der Waals surface area (Å²) >= 11 is 0. The van der Waals surface area contributed by atoms with Gasteiger partial charge in [0, 0.05) is 12.3 Å². The third-order valence-corrected chi connectivity index (χ3v) is 2.74. The predicted molar refractivity (Wildman–Crippen MR) is 78.4 cm³/mol. The van der Waals surface area contributed by atoms with Crippen molar-refractivity contribution in [1.29, 1.82) is 0 Å². The van der Waals surface area contributed by atoms with Crippen molar-refractivity contribution in [2.24, 2.45) is 0 Å². The highest BCUT2D eigenvalue weighted by Crippen LogP contribution is 2.18. The van der Waals surface area contributed by atoms with E-state index in [1.54, 1.807) is 24.4 Å². The summed E-state index contributed by atoms with van der Waals surface area (Å²) in [6.45, 7) is 0. The van der Waals surface area contributed by atoms with Gasteiger partial charge in [0.2, 0.25) is 0 Å². The number of hydrazine groups is 1. The van der Waals surface area contributed by atoms with Crippen molar-refractivity contribution < 1.29 is 18.7 Å². The SMILES string of the molecule is COc1ccc(/C=C/C(=O)NNC(=O)c2ccc[nH]2)cc1F. The fraction of sp³-hybridized carbons (Fsp3) is 0.0667. The second kappa shape index (κ2) is 7.07. The third-order valence-electron chi connectivity index (χ3n) is 2.74. The van der Waals surface area contributed by atoms with E-state index >= 15 is 0 Å². The number of methoxy groups -OCH3 is 1. The molecule has 0 aliphatic rings. The van der Waals surface area contributed by atoms with E-state index in [4.69, 9.17) is 4.74 Å². The Morgan fingerprint density at radius 3 is 2.73 bits per heavy atom. The van der Waals surface area contributed by atoms with Crippen LogP contribution in [0.5, 0.6) is 5.75 Å². The molecule has 7 heteroatoms. The summed E-state index contributed by atoms with van der Waals surface area (Å²) in [5.74, 6) is -1.41. The highest BCUT2D eigenvalue weighted by atomic mass is 19.1. The Labute approximate surface area is 126 Å². The molecule has 2 aromatic rings. The van der Waals surface area contributed by atoms with Crippen LogP contribution in [0.1, 0.15) is 16.1 Å². The molecule has 0 saturated heterocycles. The summed E-state index contributed by atoms with van der Waals surface area (Å²) in [5.41, 5.74) is 5.26. The van der Waals surface area contributed by atoms with E-state index in [-0.39, 0.29) is 5.75 Å². The molecule has 1 aromatic heterocycles. The number of ether oxygens (including phenoxy) is 1. The maximum absolute atomic E-state index is 13.5. The first kappa shape index (κ1) is 15.3. The molecule has 0 aliphatic carbocycles. The van der Waals surface area contributed by atoms with Gasteiger partial charge in [0.05, 0.1) is 7.11 Å². The molecule has 0 bridgehead atoms. The Kier molecular flexibility index (Phi) is 4.92. The Hall–Kier alpha value is -3.09. The first-order valence-corrected chi connectivity index (χ1v) is 6.35. The minimum Gasteiger partial charge on any atom is -0.494 e. The van der Waals surface area contributed by atoms with Gasteiger partial charge in [-0.1, -0.05) is 6.07 Å². The molecular weight excluding hydrogens is 289 g/mol. The lowest BCUT2D eigenvalue weighted by atomic mass is 10.2. The number of benzene rings is 1. The summed E-state index contributed by atoms with van der Waals surface area (Å²) in [6.07, 6.45) is 4.18. The topological polar surface area (TPSA) is 83.2 Å². The van der Waals surface area contributed by atoms with Crippen molar-refractivity contribution in [3.8, 4) is 5.75 Å². The molecule has 0 spiro atoms. The van der Waals surface area contributed by atoms with E-state index < -0.39 is 17.6 Å². The van der Waals surface area contributed by atoms with Crippen molar-refractivity contribution in [2.75, 3.05) is 7.11 Å². The van der Waals surface area contributed by atoms with E-state index in [0.717, 1.165) is 0 Å². The van der Waals surface area contributed by atoms with Gasteiger partial charge in [0.15, 0.2) is 11.6 Å². The summed E-state index contributed by atoms with van der Waals surface area (Å²) in [5, 5.41) is 0. The number of amides is 2. The number of rotatable bonds is 4. The van der Waals surface area contributed by atoms with E-state index in [0.29, 0.717) is 11.3 Å². The van der Waals surface area contributed by atoms with Crippen LogP contribution in [-0.2, 0) is 4.79 Å². The highest BCUT2D eigenvalue weighted by molar-refractivity contribution is 5.96. The van der Waals surface area contributed by atoms with Crippen molar-refractivity contribution in [3.63, 3.8) is 0 Å². The van der Waals surface area contributed by atoms with E-state index in [1.807, 2.05) is 0 Å². The third kappa shape index (κ3) is 3.95. The fourth-order valence-corrected chi connectivity index (χ4v) is 1.66. The molecule has 0 unspecified atom stereocenters. The molecular formula is C15H14FN3O3. The monoisotopic (exact) mass is 303 g/mol. The predicted octanol–water partition coefficient (Wildman–Crippen LogP) is 1.64. The Morgan fingerprint density at radius 2 is 2.09 bits per heavy atom. The highest BCUT2D eigenvalue weighted by Gasteiger charge is 2.06. The quantitative estimate of drug-likeness (QED) is 0.593. The smallest absolute Gasteiger partial charge is 0.286 e. The molecule has 3 N–H and O–H groups in total. The number of carbonyl (C=O) groups is 2. The molecule has 6 nitrogen and oxygen atoms in total. The average molecular weight is 303 g/mol. The molecule has 1 heterocycles. The van der Waals surface area contributed by atoms with Crippen molar-refractivity contribution in [1.82, 2.24) is 15.8 Å². The van der Waals surface area contributed by atoms with Crippen LogP contribution in [0.4, 0.5) is 4.39 Å². The minimum atomic E-state index is -0.545.